The quantitative estimate of drug-likeness (QED) is 0.785. The Kier molecular flexibility index (Phi) is 5.80. The average Bonchev–Trinajstić information content (AvgIpc) is 2.28. The number of anilines is 2. The first-order valence-electron chi connectivity index (χ1n) is 5.60. The van der Waals surface area contributed by atoms with Crippen LogP contribution in [0.1, 0.15) is 13.3 Å². The zero-order valence-electron chi connectivity index (χ0n) is 10.4. The topological polar surface area (TPSA) is 84.0 Å². The number of hydrogen-bond donors (Lipinski definition) is 2. The smallest absolute Gasteiger partial charge is 0.224 e. The minimum Gasteiger partial charge on any atom is -0.368 e. The molecule has 6 nitrogen and oxygen atoms in total. The van der Waals surface area contributed by atoms with E-state index in [9.17, 15) is 8.42 Å². The molecule has 1 rings (SSSR count). The van der Waals surface area contributed by atoms with Crippen molar-refractivity contribution in [2.75, 3.05) is 35.7 Å². The van der Waals surface area contributed by atoms with Crippen LogP contribution in [0.4, 0.5) is 11.8 Å². The summed E-state index contributed by atoms with van der Waals surface area (Å²) in [6.07, 6.45) is 3.82. The van der Waals surface area contributed by atoms with Gasteiger partial charge in [0.2, 0.25) is 5.95 Å². The van der Waals surface area contributed by atoms with Gasteiger partial charge >= 0.3 is 0 Å². The van der Waals surface area contributed by atoms with Crippen LogP contribution in [0.2, 0.25) is 0 Å². The molecule has 0 radical (unpaired) electrons. The van der Waals surface area contributed by atoms with Crippen LogP contribution >= 0.6 is 15.9 Å². The van der Waals surface area contributed by atoms with Gasteiger partial charge in [0.05, 0.1) is 10.2 Å². The van der Waals surface area contributed by atoms with Crippen LogP contribution < -0.4 is 10.6 Å². The highest BCUT2D eigenvalue weighted by molar-refractivity contribution is 9.10. The van der Waals surface area contributed by atoms with E-state index < -0.39 is 9.84 Å². The largest absolute Gasteiger partial charge is 0.368 e. The van der Waals surface area contributed by atoms with E-state index in [-0.39, 0.29) is 5.75 Å². The Morgan fingerprint density at radius 1 is 1.33 bits per heavy atom. The molecule has 0 fully saturated rings. The molecule has 1 heterocycles. The molecule has 102 valence electrons. The summed E-state index contributed by atoms with van der Waals surface area (Å²) >= 11 is 3.31. The number of hydrogen-bond acceptors (Lipinski definition) is 6. The fourth-order valence-corrected chi connectivity index (χ4v) is 1.97. The van der Waals surface area contributed by atoms with Crippen LogP contribution in [-0.2, 0) is 9.84 Å². The van der Waals surface area contributed by atoms with Crippen LogP contribution in [0.3, 0.4) is 0 Å². The van der Waals surface area contributed by atoms with Crippen LogP contribution in [-0.4, -0.2) is 43.5 Å². The summed E-state index contributed by atoms with van der Waals surface area (Å²) in [5.41, 5.74) is 0. The third-order valence-electron chi connectivity index (χ3n) is 2.04. The Morgan fingerprint density at radius 3 is 2.67 bits per heavy atom. The first-order valence-corrected chi connectivity index (χ1v) is 8.45. The number of aromatic nitrogens is 2. The number of nitrogens with zero attached hydrogens (tertiary/aromatic N) is 2. The van der Waals surface area contributed by atoms with Gasteiger partial charge in [-0.05, 0) is 22.4 Å². The van der Waals surface area contributed by atoms with Crippen LogP contribution in [0.15, 0.2) is 10.7 Å². The van der Waals surface area contributed by atoms with E-state index in [0.29, 0.717) is 22.8 Å². The second-order valence-electron chi connectivity index (χ2n) is 3.87. The van der Waals surface area contributed by atoms with E-state index in [1.807, 2.05) is 0 Å². The van der Waals surface area contributed by atoms with E-state index in [1.54, 1.807) is 6.20 Å². The lowest BCUT2D eigenvalue weighted by atomic mass is 10.5. The van der Waals surface area contributed by atoms with Crippen LogP contribution in [0, 0.1) is 0 Å². The Hall–Kier alpha value is -0.890. The standard InChI is InChI=1S/C10H17BrN4O2S/c1-3-4-13-10-14-7-8(11)9(15-10)12-5-6-18(2,16)17/h7H,3-6H2,1-2H3,(H2,12,13,14,15). The maximum Gasteiger partial charge on any atom is 0.224 e. The van der Waals surface area contributed by atoms with Gasteiger partial charge in [-0.1, -0.05) is 6.92 Å². The van der Waals surface area contributed by atoms with Gasteiger partial charge in [-0.25, -0.2) is 13.4 Å². The molecular formula is C10H17BrN4O2S. The molecule has 0 amide bonds. The molecule has 0 unspecified atom stereocenters. The molecule has 0 saturated heterocycles. The van der Waals surface area contributed by atoms with Gasteiger partial charge in [-0.2, -0.15) is 4.98 Å². The predicted molar refractivity (Wildman–Crippen MR) is 76.7 cm³/mol. The lowest BCUT2D eigenvalue weighted by molar-refractivity contribution is 0.602. The second kappa shape index (κ2) is 6.89. The number of halogens is 1. The van der Waals surface area contributed by atoms with Crippen molar-refractivity contribution in [3.63, 3.8) is 0 Å². The minimum atomic E-state index is -2.97. The lowest BCUT2D eigenvalue weighted by Gasteiger charge is -2.09. The maximum atomic E-state index is 11.0. The zero-order chi connectivity index (χ0) is 13.6. The summed E-state index contributed by atoms with van der Waals surface area (Å²) in [7, 11) is -2.97. The van der Waals surface area contributed by atoms with Gasteiger partial charge in [0.1, 0.15) is 15.7 Å². The van der Waals surface area contributed by atoms with Crippen molar-refractivity contribution >= 4 is 37.5 Å². The first kappa shape index (κ1) is 15.2. The van der Waals surface area contributed by atoms with Crippen molar-refractivity contribution in [2.24, 2.45) is 0 Å². The lowest BCUT2D eigenvalue weighted by Crippen LogP contribution is -2.15. The Bertz CT molecular complexity index is 493. The molecular weight excluding hydrogens is 320 g/mol. The average molecular weight is 337 g/mol. The monoisotopic (exact) mass is 336 g/mol. The van der Waals surface area contributed by atoms with E-state index in [0.717, 1.165) is 13.0 Å². The number of sulfone groups is 1. The summed E-state index contributed by atoms with van der Waals surface area (Å²) in [6.45, 7) is 3.17. The van der Waals surface area contributed by atoms with Gasteiger partial charge in [-0.3, -0.25) is 0 Å². The van der Waals surface area contributed by atoms with E-state index in [4.69, 9.17) is 0 Å². The summed E-state index contributed by atoms with van der Waals surface area (Å²) < 4.78 is 22.7. The molecule has 0 saturated carbocycles. The number of nitrogens with one attached hydrogen (secondary N) is 2. The number of rotatable bonds is 7. The van der Waals surface area contributed by atoms with Crippen LogP contribution in [0.5, 0.6) is 0 Å². The van der Waals surface area contributed by atoms with Crippen molar-refractivity contribution in [1.82, 2.24) is 9.97 Å². The van der Waals surface area contributed by atoms with Crippen molar-refractivity contribution in [2.45, 2.75) is 13.3 Å². The Balaban J connectivity index is 2.63. The summed E-state index contributed by atoms with van der Waals surface area (Å²) in [5.74, 6) is 1.19. The zero-order valence-corrected chi connectivity index (χ0v) is 12.8. The summed E-state index contributed by atoms with van der Waals surface area (Å²) in [6, 6.07) is 0. The highest BCUT2D eigenvalue weighted by atomic mass is 79.9. The second-order valence-corrected chi connectivity index (χ2v) is 6.99. The predicted octanol–water partition coefficient (Wildman–Crippen LogP) is 1.52. The molecule has 18 heavy (non-hydrogen) atoms. The van der Waals surface area contributed by atoms with Crippen LogP contribution in [0.25, 0.3) is 0 Å². The molecule has 1 aromatic rings. The third-order valence-corrected chi connectivity index (χ3v) is 3.57. The molecule has 2 N–H and O–H groups in total. The van der Waals surface area contributed by atoms with Gasteiger partial charge < -0.3 is 10.6 Å². The molecule has 0 aromatic carbocycles. The fourth-order valence-electron chi connectivity index (χ4n) is 1.17. The Morgan fingerprint density at radius 2 is 2.06 bits per heavy atom. The van der Waals surface area contributed by atoms with Gasteiger partial charge in [0.25, 0.3) is 0 Å². The summed E-state index contributed by atoms with van der Waals surface area (Å²) in [5, 5.41) is 6.04. The summed E-state index contributed by atoms with van der Waals surface area (Å²) in [4.78, 5) is 8.36. The normalized spacial score (nSPS) is 11.3. The first-order chi connectivity index (χ1) is 8.42. The van der Waals surface area contributed by atoms with Gasteiger partial charge in [0, 0.05) is 25.5 Å². The Labute approximate surface area is 116 Å². The molecule has 0 bridgehead atoms. The maximum absolute atomic E-state index is 11.0. The third kappa shape index (κ3) is 5.63. The molecule has 0 aliphatic heterocycles. The molecule has 0 aliphatic rings. The highest BCUT2D eigenvalue weighted by Gasteiger charge is 2.06. The molecule has 8 heteroatoms. The SMILES string of the molecule is CCCNc1ncc(Br)c(NCCS(C)(=O)=O)n1. The fraction of sp³-hybridized carbons (Fsp3) is 0.600. The van der Waals surface area contributed by atoms with Crippen molar-refractivity contribution in [3.8, 4) is 0 Å². The molecule has 0 spiro atoms. The highest BCUT2D eigenvalue weighted by Crippen LogP contribution is 2.19. The van der Waals surface area contributed by atoms with E-state index in [1.165, 1.54) is 6.26 Å². The van der Waals surface area contributed by atoms with Crippen molar-refractivity contribution in [1.29, 1.82) is 0 Å². The van der Waals surface area contributed by atoms with Crippen molar-refractivity contribution in [3.05, 3.63) is 10.7 Å². The molecule has 0 atom stereocenters. The van der Waals surface area contributed by atoms with E-state index >= 15 is 0 Å². The van der Waals surface area contributed by atoms with E-state index in [2.05, 4.69) is 43.5 Å². The molecule has 1 aromatic heterocycles. The minimum absolute atomic E-state index is 0.0706. The van der Waals surface area contributed by atoms with Crippen molar-refractivity contribution < 1.29 is 8.42 Å². The van der Waals surface area contributed by atoms with Gasteiger partial charge in [-0.15, -0.1) is 0 Å². The van der Waals surface area contributed by atoms with Gasteiger partial charge in [0.15, 0.2) is 0 Å². The molecule has 0 aliphatic carbocycles.